The van der Waals surface area contributed by atoms with E-state index in [-0.39, 0.29) is 0 Å². The normalized spacial score (nSPS) is 19.4. The van der Waals surface area contributed by atoms with E-state index >= 15 is 0 Å². The lowest BCUT2D eigenvalue weighted by Gasteiger charge is -2.58. The first-order chi connectivity index (χ1) is 25.8. The number of piperidine rings is 1. The number of nitrogens with zero attached hydrogens (tertiary/aromatic N) is 4. The van der Waals surface area contributed by atoms with Crippen molar-refractivity contribution in [2.45, 2.75) is 64.1 Å². The van der Waals surface area contributed by atoms with Gasteiger partial charge in [-0.2, -0.15) is 0 Å². The van der Waals surface area contributed by atoms with Gasteiger partial charge in [0, 0.05) is 74.7 Å². The van der Waals surface area contributed by atoms with Gasteiger partial charge < -0.3 is 24.1 Å². The monoisotopic (exact) mass is 713 g/mol. The van der Waals surface area contributed by atoms with Gasteiger partial charge >= 0.3 is 5.97 Å². The Balaban J connectivity index is 0.949. The number of piperazine rings is 1. The highest BCUT2D eigenvalue weighted by molar-refractivity contribution is 5.93. The number of aromatic nitrogens is 2. The van der Waals surface area contributed by atoms with Crippen LogP contribution in [0, 0.1) is 5.41 Å². The number of carbonyl (C=O) groups excluding carboxylic acids is 1. The van der Waals surface area contributed by atoms with Gasteiger partial charge in [-0.15, -0.1) is 0 Å². The maximum atomic E-state index is 12.7. The van der Waals surface area contributed by atoms with E-state index in [1.807, 2.05) is 36.5 Å². The van der Waals surface area contributed by atoms with E-state index in [0.29, 0.717) is 40.5 Å². The fourth-order valence-corrected chi connectivity index (χ4v) is 9.04. The Morgan fingerprint density at radius 1 is 0.925 bits per heavy atom. The Labute approximate surface area is 312 Å². The predicted octanol–water partition coefficient (Wildman–Crippen LogP) is 8.58. The molecule has 3 fully saturated rings. The number of ether oxygens (including phenoxy) is 3. The van der Waals surface area contributed by atoms with Gasteiger partial charge in [0.05, 0.1) is 20.4 Å². The molecule has 53 heavy (non-hydrogen) atoms. The number of fused-ring (bicyclic) bond motifs is 1. The highest BCUT2D eigenvalue weighted by Crippen LogP contribution is 2.53. The average molecular weight is 714 g/mol. The van der Waals surface area contributed by atoms with Gasteiger partial charge in [-0.25, -0.2) is 9.78 Å². The zero-order valence-electron chi connectivity index (χ0n) is 31.4. The number of carbonyl (C=O) groups is 1. The van der Waals surface area contributed by atoms with Crippen molar-refractivity contribution in [2.75, 3.05) is 51.8 Å². The summed E-state index contributed by atoms with van der Waals surface area (Å²) in [6.45, 7) is 10.8. The van der Waals surface area contributed by atoms with E-state index in [2.05, 4.69) is 87.0 Å². The largest absolute Gasteiger partial charge is 0.497 e. The molecule has 0 radical (unpaired) electrons. The molecule has 1 N–H and O–H groups in total. The van der Waals surface area contributed by atoms with Crippen LogP contribution in [0.15, 0.2) is 91.3 Å². The Morgan fingerprint density at radius 2 is 1.72 bits per heavy atom. The number of hydrogen-bond acceptors (Lipinski definition) is 8. The number of benzene rings is 3. The molecular weight excluding hydrogens is 663 g/mol. The molecule has 9 nitrogen and oxygen atoms in total. The third-order valence-corrected chi connectivity index (χ3v) is 12.0. The first-order valence-electron chi connectivity index (χ1n) is 19.1. The van der Waals surface area contributed by atoms with Crippen LogP contribution in [0.1, 0.15) is 78.5 Å². The van der Waals surface area contributed by atoms with Crippen molar-refractivity contribution in [1.29, 1.82) is 0 Å². The third-order valence-electron chi connectivity index (χ3n) is 12.0. The minimum absolute atomic E-state index is 0.378. The average Bonchev–Trinajstić information content (AvgIpc) is 3.65. The first kappa shape index (κ1) is 35.2. The Hall–Kier alpha value is -4.86. The molecule has 0 unspecified atom stereocenters. The quantitative estimate of drug-likeness (QED) is 0.144. The number of rotatable bonds is 10. The highest BCUT2D eigenvalue weighted by atomic mass is 16.5. The standard InChI is InChI=1S/C44H51N5O4/c1-30(2)37-7-5-6-8-38(37)40-29-47(28-31-9-12-35(51-3)13-10-31)21-22-49(40)34-25-44(26-34)16-19-48(20-17-44)33-11-14-39(43(50)52-4)41(24-33)53-36-23-32-15-18-45-42(32)46-27-36/h5-15,18,23-24,27,30,34,40H,16-17,19-22,25-26,28-29H2,1-4H3,(H,45,46)/t40-/m0/s1. The van der Waals surface area contributed by atoms with Crippen LogP contribution in [-0.2, 0) is 11.3 Å². The Kier molecular flexibility index (Phi) is 9.87. The van der Waals surface area contributed by atoms with Crippen molar-refractivity contribution in [3.05, 3.63) is 114 Å². The predicted molar refractivity (Wildman–Crippen MR) is 209 cm³/mol. The molecule has 1 spiro atoms. The lowest BCUT2D eigenvalue weighted by Crippen LogP contribution is -2.60. The number of aromatic amines is 1. The molecule has 0 bridgehead atoms. The maximum absolute atomic E-state index is 12.7. The smallest absolute Gasteiger partial charge is 0.341 e. The summed E-state index contributed by atoms with van der Waals surface area (Å²) < 4.78 is 16.8. The van der Waals surface area contributed by atoms with Gasteiger partial charge in [0.1, 0.15) is 28.5 Å². The van der Waals surface area contributed by atoms with Crippen LogP contribution in [0.5, 0.6) is 17.2 Å². The zero-order chi connectivity index (χ0) is 36.5. The molecule has 2 saturated heterocycles. The molecule has 4 heterocycles. The van der Waals surface area contributed by atoms with Crippen LogP contribution in [-0.4, -0.2) is 78.7 Å². The Bertz CT molecular complexity index is 2040. The number of hydrogen-bond donors (Lipinski definition) is 1. The summed E-state index contributed by atoms with van der Waals surface area (Å²) in [6.07, 6.45) is 8.37. The first-order valence-corrected chi connectivity index (χ1v) is 19.1. The van der Waals surface area contributed by atoms with Gasteiger partial charge in [-0.05, 0) is 90.1 Å². The van der Waals surface area contributed by atoms with E-state index in [9.17, 15) is 4.79 Å². The number of anilines is 1. The Morgan fingerprint density at radius 3 is 2.47 bits per heavy atom. The van der Waals surface area contributed by atoms with Gasteiger partial charge in [0.25, 0.3) is 0 Å². The maximum Gasteiger partial charge on any atom is 0.341 e. The third kappa shape index (κ3) is 7.25. The molecule has 1 atom stereocenters. The van der Waals surface area contributed by atoms with Crippen molar-refractivity contribution < 1.29 is 19.0 Å². The molecule has 8 rings (SSSR count). The molecule has 3 aromatic carbocycles. The molecule has 1 saturated carbocycles. The summed E-state index contributed by atoms with van der Waals surface area (Å²) in [4.78, 5) is 28.2. The second-order valence-electron chi connectivity index (χ2n) is 15.5. The van der Waals surface area contributed by atoms with E-state index in [1.165, 1.54) is 36.6 Å². The minimum Gasteiger partial charge on any atom is -0.497 e. The fourth-order valence-electron chi connectivity index (χ4n) is 9.04. The fraction of sp³-hybridized carbons (Fsp3) is 0.409. The van der Waals surface area contributed by atoms with E-state index in [0.717, 1.165) is 74.6 Å². The van der Waals surface area contributed by atoms with Gasteiger partial charge in [0.15, 0.2) is 0 Å². The lowest BCUT2D eigenvalue weighted by molar-refractivity contribution is -0.0628. The summed E-state index contributed by atoms with van der Waals surface area (Å²) in [7, 11) is 3.12. The zero-order valence-corrected chi connectivity index (χ0v) is 31.4. The van der Waals surface area contributed by atoms with Gasteiger partial charge in [-0.1, -0.05) is 50.2 Å². The number of pyridine rings is 1. The second-order valence-corrected chi connectivity index (χ2v) is 15.5. The molecule has 1 aliphatic carbocycles. The van der Waals surface area contributed by atoms with Crippen molar-refractivity contribution in [2.24, 2.45) is 5.41 Å². The van der Waals surface area contributed by atoms with Gasteiger partial charge in [0.2, 0.25) is 0 Å². The minimum atomic E-state index is -0.420. The number of H-pyrrole nitrogens is 1. The summed E-state index contributed by atoms with van der Waals surface area (Å²) in [5.41, 5.74) is 6.94. The van der Waals surface area contributed by atoms with Crippen LogP contribution < -0.4 is 14.4 Å². The summed E-state index contributed by atoms with van der Waals surface area (Å²) in [6, 6.07) is 28.4. The number of methoxy groups -OCH3 is 2. The molecule has 3 aliphatic rings. The van der Waals surface area contributed by atoms with Crippen molar-refractivity contribution in [3.8, 4) is 17.2 Å². The van der Waals surface area contributed by atoms with Crippen molar-refractivity contribution >= 4 is 22.7 Å². The molecule has 2 aromatic heterocycles. The lowest BCUT2D eigenvalue weighted by atomic mass is 9.59. The number of nitrogens with one attached hydrogen (secondary N) is 1. The molecule has 2 aliphatic heterocycles. The van der Waals surface area contributed by atoms with Crippen molar-refractivity contribution in [1.82, 2.24) is 19.8 Å². The van der Waals surface area contributed by atoms with Crippen LogP contribution >= 0.6 is 0 Å². The second kappa shape index (κ2) is 14.9. The summed E-state index contributed by atoms with van der Waals surface area (Å²) in [5.74, 6) is 2.02. The van der Waals surface area contributed by atoms with Crippen LogP contribution in [0.25, 0.3) is 11.0 Å². The van der Waals surface area contributed by atoms with Crippen LogP contribution in [0.3, 0.4) is 0 Å². The van der Waals surface area contributed by atoms with Crippen LogP contribution in [0.2, 0.25) is 0 Å². The molecular formula is C44H51N5O4. The van der Waals surface area contributed by atoms with Gasteiger partial charge in [-0.3, -0.25) is 9.80 Å². The number of esters is 1. The summed E-state index contributed by atoms with van der Waals surface area (Å²) >= 11 is 0. The summed E-state index contributed by atoms with van der Waals surface area (Å²) in [5, 5.41) is 0.948. The SMILES string of the molecule is COC(=O)c1ccc(N2CCC3(CC2)CC(N2CCN(Cc4ccc(OC)cc4)C[C@H]2c2ccccc2C(C)C)C3)cc1Oc1cnc2[nH]ccc2c1. The molecule has 5 aromatic rings. The molecule has 0 amide bonds. The van der Waals surface area contributed by atoms with Crippen molar-refractivity contribution in [3.63, 3.8) is 0 Å². The highest BCUT2D eigenvalue weighted by Gasteiger charge is 2.50. The molecule has 9 heteroatoms. The van der Waals surface area contributed by atoms with Crippen LogP contribution in [0.4, 0.5) is 5.69 Å². The van der Waals surface area contributed by atoms with E-state index < -0.39 is 5.97 Å². The topological polar surface area (TPSA) is 83.2 Å². The van der Waals surface area contributed by atoms with E-state index in [1.54, 1.807) is 13.3 Å². The molecule has 276 valence electrons. The van der Waals surface area contributed by atoms with E-state index in [4.69, 9.17) is 14.2 Å².